The molecule has 3 unspecified atom stereocenters. The van der Waals surface area contributed by atoms with Crippen LogP contribution in [-0.4, -0.2) is 10.6 Å². The van der Waals surface area contributed by atoms with Gasteiger partial charge in [-0.1, -0.05) is 69.3 Å². The minimum absolute atomic E-state index is 0.0636. The first kappa shape index (κ1) is 25.6. The summed E-state index contributed by atoms with van der Waals surface area (Å²) in [7, 11) is 0.260. The van der Waals surface area contributed by atoms with Gasteiger partial charge in [-0.3, -0.25) is 0 Å². The zero-order valence-corrected chi connectivity index (χ0v) is 22.0. The topological polar surface area (TPSA) is 32.3 Å². The van der Waals surface area contributed by atoms with E-state index in [1.165, 1.54) is 11.6 Å². The molecule has 3 atom stereocenters. The van der Waals surface area contributed by atoms with Crippen LogP contribution in [-0.2, 0) is 19.4 Å². The SMILES string of the molecule is CC(C)(C)NCc1cc(F)ccc1Pc1cc(CC2C=CC=CC2)cc(CC2C=CC=CC2)c1O. The first-order chi connectivity index (χ1) is 16.8. The molecule has 0 heterocycles. The Balaban J connectivity index is 1.65. The summed E-state index contributed by atoms with van der Waals surface area (Å²) in [6, 6.07) is 9.41. The summed E-state index contributed by atoms with van der Waals surface area (Å²) >= 11 is 0. The Morgan fingerprint density at radius 3 is 2.20 bits per heavy atom. The summed E-state index contributed by atoms with van der Waals surface area (Å²) in [5, 5.41) is 16.9. The van der Waals surface area contributed by atoms with Crippen LogP contribution in [0.5, 0.6) is 5.75 Å². The predicted molar refractivity (Wildman–Crippen MR) is 149 cm³/mol. The van der Waals surface area contributed by atoms with E-state index in [9.17, 15) is 9.50 Å². The van der Waals surface area contributed by atoms with E-state index in [0.29, 0.717) is 24.1 Å². The van der Waals surface area contributed by atoms with E-state index < -0.39 is 0 Å². The number of hydrogen-bond acceptors (Lipinski definition) is 2. The first-order valence-corrected chi connectivity index (χ1v) is 13.6. The van der Waals surface area contributed by atoms with Crippen molar-refractivity contribution in [3.8, 4) is 5.75 Å². The molecule has 2 aliphatic carbocycles. The lowest BCUT2D eigenvalue weighted by molar-refractivity contribution is 0.424. The Morgan fingerprint density at radius 1 is 0.886 bits per heavy atom. The molecule has 0 bridgehead atoms. The predicted octanol–water partition coefficient (Wildman–Crippen LogP) is 6.40. The molecule has 4 heteroatoms. The molecule has 0 amide bonds. The molecule has 0 aliphatic heterocycles. The van der Waals surface area contributed by atoms with Crippen LogP contribution in [0.3, 0.4) is 0 Å². The van der Waals surface area contributed by atoms with E-state index in [2.05, 4.69) is 86.8 Å². The fraction of sp³-hybridized carbons (Fsp3) is 0.355. The van der Waals surface area contributed by atoms with Crippen molar-refractivity contribution in [2.75, 3.05) is 0 Å². The molecular formula is C31H37FNOP. The van der Waals surface area contributed by atoms with Crippen molar-refractivity contribution in [2.45, 2.75) is 58.5 Å². The molecule has 4 rings (SSSR count). The average Bonchev–Trinajstić information content (AvgIpc) is 2.83. The van der Waals surface area contributed by atoms with Crippen LogP contribution < -0.4 is 15.9 Å². The maximum Gasteiger partial charge on any atom is 0.126 e. The number of phenolic OH excluding ortho intramolecular Hbond substituents is 1. The number of halogens is 1. The summed E-state index contributed by atoms with van der Waals surface area (Å²) in [4.78, 5) is 0. The van der Waals surface area contributed by atoms with E-state index in [1.54, 1.807) is 6.07 Å². The van der Waals surface area contributed by atoms with Gasteiger partial charge in [0.1, 0.15) is 11.6 Å². The molecule has 2 aliphatic rings. The van der Waals surface area contributed by atoms with Gasteiger partial charge >= 0.3 is 0 Å². The largest absolute Gasteiger partial charge is 0.507 e. The van der Waals surface area contributed by atoms with Gasteiger partial charge in [0.25, 0.3) is 0 Å². The van der Waals surface area contributed by atoms with Crippen molar-refractivity contribution in [1.82, 2.24) is 5.32 Å². The Morgan fingerprint density at radius 2 is 1.57 bits per heavy atom. The number of phenols is 1. The summed E-state index contributed by atoms with van der Waals surface area (Å²) in [6.07, 6.45) is 21.2. The van der Waals surface area contributed by atoms with E-state index >= 15 is 0 Å². The lowest BCUT2D eigenvalue weighted by atomic mass is 9.89. The zero-order chi connectivity index (χ0) is 24.8. The van der Waals surface area contributed by atoms with Crippen molar-refractivity contribution in [3.63, 3.8) is 0 Å². The number of nitrogens with one attached hydrogen (secondary N) is 1. The van der Waals surface area contributed by atoms with Gasteiger partial charge < -0.3 is 10.4 Å². The summed E-state index contributed by atoms with van der Waals surface area (Å²) in [5.41, 5.74) is 3.16. The fourth-order valence-corrected chi connectivity index (χ4v) is 5.93. The van der Waals surface area contributed by atoms with Crippen LogP contribution in [0.25, 0.3) is 0 Å². The van der Waals surface area contributed by atoms with Crippen LogP contribution >= 0.6 is 8.58 Å². The van der Waals surface area contributed by atoms with Crippen LogP contribution in [0.1, 0.15) is 50.3 Å². The second-order valence-electron chi connectivity index (χ2n) is 10.7. The van der Waals surface area contributed by atoms with Crippen LogP contribution in [0, 0.1) is 17.7 Å². The molecule has 0 radical (unpaired) electrons. The highest BCUT2D eigenvalue weighted by molar-refractivity contribution is 7.55. The Bertz CT molecular complexity index is 1160. The van der Waals surface area contributed by atoms with Gasteiger partial charge in [-0.05, 0) is 98.5 Å². The molecule has 2 N–H and O–H groups in total. The van der Waals surface area contributed by atoms with Crippen molar-refractivity contribution in [1.29, 1.82) is 0 Å². The zero-order valence-electron chi connectivity index (χ0n) is 21.0. The van der Waals surface area contributed by atoms with E-state index in [1.807, 2.05) is 6.07 Å². The van der Waals surface area contributed by atoms with Gasteiger partial charge in [0.2, 0.25) is 0 Å². The molecule has 2 aromatic carbocycles. The van der Waals surface area contributed by atoms with Gasteiger partial charge in [0.05, 0.1) is 0 Å². The lowest BCUT2D eigenvalue weighted by Crippen LogP contribution is -2.36. The standard InChI is InChI=1S/C31H37FNOP/c1-31(2,3)33-21-26-20-27(32)14-15-28(26)35-29-19-24(16-22-10-6-4-7-11-22)18-25(30(29)34)17-23-12-8-5-9-13-23/h4-10,12,14-15,18-20,22-23,33-35H,11,13,16-17,21H2,1-3H3. The van der Waals surface area contributed by atoms with Crippen molar-refractivity contribution in [2.24, 2.45) is 11.8 Å². The summed E-state index contributed by atoms with van der Waals surface area (Å²) in [6.45, 7) is 6.92. The molecule has 0 saturated heterocycles. The monoisotopic (exact) mass is 489 g/mol. The molecular weight excluding hydrogens is 452 g/mol. The minimum atomic E-state index is -0.225. The fourth-order valence-electron chi connectivity index (χ4n) is 4.62. The summed E-state index contributed by atoms with van der Waals surface area (Å²) in [5.74, 6) is 1.04. The number of hydrogen-bond donors (Lipinski definition) is 2. The molecule has 0 saturated carbocycles. The Kier molecular flexibility index (Phi) is 8.42. The average molecular weight is 490 g/mol. The molecule has 184 valence electrons. The van der Waals surface area contributed by atoms with Crippen molar-refractivity contribution >= 4 is 19.2 Å². The molecule has 2 aromatic rings. The third-order valence-corrected chi connectivity index (χ3v) is 7.92. The smallest absolute Gasteiger partial charge is 0.126 e. The van der Waals surface area contributed by atoms with Crippen molar-refractivity contribution < 1.29 is 9.50 Å². The Hall–Kier alpha value is -2.48. The van der Waals surface area contributed by atoms with Gasteiger partial charge in [-0.15, -0.1) is 0 Å². The highest BCUT2D eigenvalue weighted by atomic mass is 31.1. The number of rotatable bonds is 8. The second-order valence-corrected chi connectivity index (χ2v) is 12.0. The summed E-state index contributed by atoms with van der Waals surface area (Å²) < 4.78 is 14.1. The quantitative estimate of drug-likeness (QED) is 0.421. The number of benzene rings is 2. The highest BCUT2D eigenvalue weighted by Gasteiger charge is 2.18. The maximum absolute atomic E-state index is 14.1. The third-order valence-electron chi connectivity index (χ3n) is 6.51. The van der Waals surface area contributed by atoms with E-state index in [4.69, 9.17) is 0 Å². The third kappa shape index (κ3) is 7.50. The molecule has 2 nitrogen and oxygen atoms in total. The van der Waals surface area contributed by atoms with Gasteiger partial charge in [-0.2, -0.15) is 0 Å². The molecule has 0 aromatic heterocycles. The normalized spacial score (nSPS) is 19.8. The van der Waals surface area contributed by atoms with Crippen LogP contribution in [0.2, 0.25) is 0 Å². The van der Waals surface area contributed by atoms with Gasteiger partial charge in [0.15, 0.2) is 0 Å². The number of allylic oxidation sites excluding steroid dienone is 8. The highest BCUT2D eigenvalue weighted by Crippen LogP contribution is 2.30. The molecule has 0 fully saturated rings. The first-order valence-electron chi connectivity index (χ1n) is 12.6. The maximum atomic E-state index is 14.1. The van der Waals surface area contributed by atoms with Gasteiger partial charge in [-0.25, -0.2) is 4.39 Å². The van der Waals surface area contributed by atoms with Crippen LogP contribution in [0.15, 0.2) is 78.9 Å². The molecule has 0 spiro atoms. The second kappa shape index (κ2) is 11.5. The van der Waals surface area contributed by atoms with Gasteiger partial charge in [0, 0.05) is 17.4 Å². The van der Waals surface area contributed by atoms with E-state index in [0.717, 1.165) is 47.4 Å². The van der Waals surface area contributed by atoms with Crippen molar-refractivity contribution in [3.05, 3.63) is 101 Å². The Labute approximate surface area is 211 Å². The lowest BCUT2D eigenvalue weighted by Gasteiger charge is -2.22. The number of aromatic hydroxyl groups is 1. The van der Waals surface area contributed by atoms with Crippen LogP contribution in [0.4, 0.5) is 4.39 Å². The molecule has 35 heavy (non-hydrogen) atoms. The minimum Gasteiger partial charge on any atom is -0.507 e. The van der Waals surface area contributed by atoms with E-state index in [-0.39, 0.29) is 19.9 Å².